The second kappa shape index (κ2) is 7.29. The van der Waals surface area contributed by atoms with Crippen LogP contribution in [0.15, 0.2) is 59.7 Å². The molecule has 0 aliphatic heterocycles. The molecule has 28 heavy (non-hydrogen) atoms. The summed E-state index contributed by atoms with van der Waals surface area (Å²) in [6.45, 7) is 2.64. The van der Waals surface area contributed by atoms with Crippen LogP contribution in [0, 0.1) is 11.3 Å². The first-order valence-electron chi connectivity index (χ1n) is 8.82. The molecule has 138 valence electrons. The van der Waals surface area contributed by atoms with Crippen molar-refractivity contribution in [2.75, 3.05) is 0 Å². The lowest BCUT2D eigenvalue weighted by Crippen LogP contribution is -2.24. The molecule has 0 bridgehead atoms. The lowest BCUT2D eigenvalue weighted by molar-refractivity contribution is 0.765. The van der Waals surface area contributed by atoms with E-state index in [1.165, 1.54) is 0 Å². The monoisotopic (exact) mass is 389 g/mol. The van der Waals surface area contributed by atoms with E-state index in [-0.39, 0.29) is 5.56 Å². The molecule has 0 amide bonds. The van der Waals surface area contributed by atoms with E-state index in [1.807, 2.05) is 23.6 Å². The molecule has 0 saturated carbocycles. The Hall–Kier alpha value is -3.43. The van der Waals surface area contributed by atoms with Gasteiger partial charge in [0.05, 0.1) is 23.6 Å². The average Bonchev–Trinajstić information content (AvgIpc) is 3.13. The Labute approximate surface area is 166 Å². The van der Waals surface area contributed by atoms with Gasteiger partial charge in [-0.2, -0.15) is 5.26 Å². The van der Waals surface area contributed by atoms with Crippen LogP contribution in [0.1, 0.15) is 23.9 Å². The highest BCUT2D eigenvalue weighted by molar-refractivity contribution is 6.30. The quantitative estimate of drug-likeness (QED) is 0.533. The minimum Gasteiger partial charge on any atom is -0.315 e. The van der Waals surface area contributed by atoms with Gasteiger partial charge < -0.3 is 4.57 Å². The molecule has 0 unspecified atom stereocenters. The fourth-order valence-electron chi connectivity index (χ4n) is 3.18. The molecule has 0 N–H and O–H groups in total. The molecular formula is C21H16ClN5O. The molecule has 0 spiro atoms. The first-order chi connectivity index (χ1) is 13.6. The van der Waals surface area contributed by atoms with Crippen molar-refractivity contribution in [3.63, 3.8) is 0 Å². The van der Waals surface area contributed by atoms with Crippen molar-refractivity contribution in [3.05, 3.63) is 87.2 Å². The highest BCUT2D eigenvalue weighted by atomic mass is 35.5. The Morgan fingerprint density at radius 2 is 1.96 bits per heavy atom. The normalized spacial score (nSPS) is 10.9. The Kier molecular flexibility index (Phi) is 4.68. The Morgan fingerprint density at radius 1 is 1.18 bits per heavy atom. The Morgan fingerprint density at radius 3 is 2.68 bits per heavy atom. The first-order valence-corrected chi connectivity index (χ1v) is 9.20. The summed E-state index contributed by atoms with van der Waals surface area (Å²) in [5, 5.41) is 9.76. The van der Waals surface area contributed by atoms with Gasteiger partial charge in [-0.05, 0) is 48.9 Å². The molecule has 2 heterocycles. The van der Waals surface area contributed by atoms with E-state index in [2.05, 4.69) is 11.1 Å². The number of nitriles is 1. The molecule has 6 nitrogen and oxygen atoms in total. The number of rotatable bonds is 4. The van der Waals surface area contributed by atoms with Crippen molar-refractivity contribution in [3.8, 4) is 11.8 Å². The summed E-state index contributed by atoms with van der Waals surface area (Å²) in [5.41, 5.74) is 2.79. The summed E-state index contributed by atoms with van der Waals surface area (Å²) in [4.78, 5) is 22.3. The van der Waals surface area contributed by atoms with Gasteiger partial charge in [0.2, 0.25) is 0 Å². The summed E-state index contributed by atoms with van der Waals surface area (Å²) >= 11 is 6.01. The largest absolute Gasteiger partial charge is 0.315 e. The fraction of sp³-hybridized carbons (Fsp3) is 0.143. The zero-order valence-corrected chi connectivity index (χ0v) is 15.9. The van der Waals surface area contributed by atoms with Crippen LogP contribution in [0.25, 0.3) is 16.9 Å². The van der Waals surface area contributed by atoms with Crippen molar-refractivity contribution in [2.24, 2.45) is 0 Å². The third-order valence-corrected chi connectivity index (χ3v) is 4.80. The number of nitrogens with zero attached hydrogens (tertiary/aromatic N) is 5. The zero-order valence-electron chi connectivity index (χ0n) is 15.1. The van der Waals surface area contributed by atoms with Gasteiger partial charge >= 0.3 is 0 Å². The van der Waals surface area contributed by atoms with Crippen molar-refractivity contribution < 1.29 is 0 Å². The SMILES string of the molecule is CCn1cnc2c(=O)n(-c3ccc(Cl)cc3)c(Cc3cccc(C#N)c3)nc21. The van der Waals surface area contributed by atoms with Crippen molar-refractivity contribution in [1.82, 2.24) is 19.1 Å². The van der Waals surface area contributed by atoms with Crippen molar-refractivity contribution >= 4 is 22.8 Å². The van der Waals surface area contributed by atoms with Gasteiger partial charge in [0.1, 0.15) is 5.82 Å². The molecule has 2 aromatic carbocycles. The summed E-state index contributed by atoms with van der Waals surface area (Å²) in [6, 6.07) is 16.5. The summed E-state index contributed by atoms with van der Waals surface area (Å²) in [7, 11) is 0. The van der Waals surface area contributed by atoms with Crippen LogP contribution in [0.5, 0.6) is 0 Å². The molecular weight excluding hydrogens is 374 g/mol. The first kappa shape index (κ1) is 18.0. The van der Waals surface area contributed by atoms with Crippen molar-refractivity contribution in [2.45, 2.75) is 19.9 Å². The highest BCUT2D eigenvalue weighted by Gasteiger charge is 2.17. The summed E-state index contributed by atoms with van der Waals surface area (Å²) < 4.78 is 3.41. The molecule has 7 heteroatoms. The average molecular weight is 390 g/mol. The smallest absolute Gasteiger partial charge is 0.286 e. The molecule has 4 rings (SSSR count). The molecule has 0 saturated heterocycles. The molecule has 0 aliphatic rings. The second-order valence-electron chi connectivity index (χ2n) is 6.34. The van der Waals surface area contributed by atoms with E-state index in [0.29, 0.717) is 46.2 Å². The number of aryl methyl sites for hydroxylation is 1. The van der Waals surface area contributed by atoms with E-state index >= 15 is 0 Å². The van der Waals surface area contributed by atoms with E-state index < -0.39 is 0 Å². The third-order valence-electron chi connectivity index (χ3n) is 4.55. The van der Waals surface area contributed by atoms with Gasteiger partial charge in [-0.15, -0.1) is 0 Å². The number of hydrogen-bond acceptors (Lipinski definition) is 4. The van der Waals surface area contributed by atoms with Crippen LogP contribution < -0.4 is 5.56 Å². The van der Waals surface area contributed by atoms with Crippen LogP contribution in [0.4, 0.5) is 0 Å². The minimum atomic E-state index is -0.231. The second-order valence-corrected chi connectivity index (χ2v) is 6.77. The summed E-state index contributed by atoms with van der Waals surface area (Å²) in [6.07, 6.45) is 2.03. The molecule has 0 fully saturated rings. The molecule has 0 radical (unpaired) electrons. The minimum absolute atomic E-state index is 0.231. The Balaban J connectivity index is 1.96. The van der Waals surface area contributed by atoms with Crippen LogP contribution in [0.3, 0.4) is 0 Å². The topological polar surface area (TPSA) is 76.5 Å². The van der Waals surface area contributed by atoms with Gasteiger partial charge in [-0.1, -0.05) is 23.7 Å². The number of aromatic nitrogens is 4. The summed E-state index contributed by atoms with van der Waals surface area (Å²) in [5.74, 6) is 0.574. The van der Waals surface area contributed by atoms with Crippen LogP contribution in [-0.2, 0) is 13.0 Å². The van der Waals surface area contributed by atoms with Crippen molar-refractivity contribution in [1.29, 1.82) is 5.26 Å². The predicted octanol–water partition coefficient (Wildman–Crippen LogP) is 3.72. The van der Waals surface area contributed by atoms with Crippen LogP contribution >= 0.6 is 11.6 Å². The number of hydrogen-bond donors (Lipinski definition) is 0. The van der Waals surface area contributed by atoms with Gasteiger partial charge in [0.25, 0.3) is 5.56 Å². The number of imidazole rings is 1. The zero-order chi connectivity index (χ0) is 19.7. The van der Waals surface area contributed by atoms with E-state index in [1.54, 1.807) is 47.3 Å². The standard InChI is InChI=1S/C21H16ClN5O/c1-2-26-13-24-19-20(26)25-18(11-14-4-3-5-15(10-14)12-23)27(21(19)28)17-8-6-16(22)7-9-17/h3-10,13H,2,11H2,1H3. The maximum absolute atomic E-state index is 13.2. The maximum atomic E-state index is 13.2. The van der Waals surface area contributed by atoms with Gasteiger partial charge in [0.15, 0.2) is 11.2 Å². The van der Waals surface area contributed by atoms with Gasteiger partial charge in [-0.3, -0.25) is 9.36 Å². The lowest BCUT2D eigenvalue weighted by Gasteiger charge is -2.13. The number of fused-ring (bicyclic) bond motifs is 1. The van der Waals surface area contributed by atoms with E-state index in [9.17, 15) is 4.79 Å². The van der Waals surface area contributed by atoms with Gasteiger partial charge in [-0.25, -0.2) is 9.97 Å². The molecule has 4 aromatic rings. The Bertz CT molecular complexity index is 1260. The molecule has 0 aliphatic carbocycles. The molecule has 2 aromatic heterocycles. The van der Waals surface area contributed by atoms with Crippen LogP contribution in [0.2, 0.25) is 5.02 Å². The number of benzene rings is 2. The van der Waals surface area contributed by atoms with Gasteiger partial charge in [0, 0.05) is 18.0 Å². The van der Waals surface area contributed by atoms with E-state index in [4.69, 9.17) is 21.8 Å². The predicted molar refractivity (Wildman–Crippen MR) is 108 cm³/mol. The highest BCUT2D eigenvalue weighted by Crippen LogP contribution is 2.18. The maximum Gasteiger partial charge on any atom is 0.286 e. The van der Waals surface area contributed by atoms with Crippen LogP contribution in [-0.4, -0.2) is 19.1 Å². The fourth-order valence-corrected chi connectivity index (χ4v) is 3.31. The van der Waals surface area contributed by atoms with E-state index in [0.717, 1.165) is 5.56 Å². The third kappa shape index (κ3) is 3.17. The lowest BCUT2D eigenvalue weighted by atomic mass is 10.1. The molecule has 0 atom stereocenters. The number of halogens is 1.